The zero-order valence-corrected chi connectivity index (χ0v) is 10.8. The maximum atomic E-state index is 11.5. The van der Waals surface area contributed by atoms with Crippen LogP contribution in [0.1, 0.15) is 30.4 Å². The fourth-order valence-electron chi connectivity index (χ4n) is 1.95. The Morgan fingerprint density at radius 1 is 1.53 bits per heavy atom. The van der Waals surface area contributed by atoms with Gasteiger partial charge in [-0.2, -0.15) is 0 Å². The van der Waals surface area contributed by atoms with Gasteiger partial charge in [0.05, 0.1) is 0 Å². The number of rotatable bonds is 5. The molecule has 2 heterocycles. The predicted molar refractivity (Wildman–Crippen MR) is 70.0 cm³/mol. The lowest BCUT2D eigenvalue weighted by Crippen LogP contribution is -2.15. The first kappa shape index (κ1) is 11.9. The molecule has 3 rings (SSSR count). The summed E-state index contributed by atoms with van der Waals surface area (Å²) in [6, 6.07) is 1.49. The largest absolute Gasteiger partial charge is 0.369 e. The van der Waals surface area contributed by atoms with Gasteiger partial charge in [0.2, 0.25) is 0 Å². The average Bonchev–Trinajstić information content (AvgIpc) is 3.14. The van der Waals surface area contributed by atoms with E-state index in [0.717, 1.165) is 30.9 Å². The van der Waals surface area contributed by atoms with Gasteiger partial charge in [0.25, 0.3) is 5.56 Å². The summed E-state index contributed by atoms with van der Waals surface area (Å²) < 4.78 is 1.88. The van der Waals surface area contributed by atoms with E-state index in [0.29, 0.717) is 18.3 Å². The number of anilines is 1. The number of hydrogen-bond acceptors (Lipinski definition) is 5. The number of nitrogens with one attached hydrogen (secondary N) is 2. The van der Waals surface area contributed by atoms with Gasteiger partial charge in [0.15, 0.2) is 0 Å². The van der Waals surface area contributed by atoms with Crippen molar-refractivity contribution in [2.45, 2.75) is 25.2 Å². The fraction of sp³-hybridized carbons (Fsp3) is 0.500. The van der Waals surface area contributed by atoms with Gasteiger partial charge in [-0.1, -0.05) is 0 Å². The van der Waals surface area contributed by atoms with Crippen LogP contribution in [0.25, 0.3) is 0 Å². The van der Waals surface area contributed by atoms with Crippen molar-refractivity contribution in [3.8, 4) is 0 Å². The number of aryl methyl sites for hydroxylation is 1. The summed E-state index contributed by atoms with van der Waals surface area (Å²) in [6.07, 6.45) is 4.65. The van der Waals surface area contributed by atoms with Crippen molar-refractivity contribution in [2.24, 2.45) is 7.05 Å². The van der Waals surface area contributed by atoms with Crippen molar-refractivity contribution in [3.63, 3.8) is 0 Å². The molecule has 1 saturated carbocycles. The Morgan fingerprint density at radius 3 is 3.05 bits per heavy atom. The van der Waals surface area contributed by atoms with Crippen LogP contribution >= 0.6 is 0 Å². The highest BCUT2D eigenvalue weighted by atomic mass is 16.1. The first-order chi connectivity index (χ1) is 9.22. The first-order valence-electron chi connectivity index (χ1n) is 6.40. The van der Waals surface area contributed by atoms with E-state index in [-0.39, 0.29) is 5.56 Å². The summed E-state index contributed by atoms with van der Waals surface area (Å²) in [5, 5.41) is 11.0. The molecule has 0 saturated heterocycles. The molecular weight excluding hydrogens is 244 g/mol. The lowest BCUT2D eigenvalue weighted by Gasteiger charge is -2.06. The number of hydrogen-bond donors (Lipinski definition) is 2. The number of H-pyrrole nitrogens is 1. The minimum absolute atomic E-state index is 0.0990. The zero-order valence-electron chi connectivity index (χ0n) is 10.8. The molecule has 7 nitrogen and oxygen atoms in total. The minimum Gasteiger partial charge on any atom is -0.369 e. The second-order valence-electron chi connectivity index (χ2n) is 4.82. The topological polar surface area (TPSA) is 88.5 Å². The van der Waals surface area contributed by atoms with Crippen LogP contribution in [0.15, 0.2) is 17.2 Å². The Hall–Kier alpha value is -2.18. The second-order valence-corrected chi connectivity index (χ2v) is 4.82. The molecular formula is C12H16N6O. The highest BCUT2D eigenvalue weighted by molar-refractivity contribution is 5.34. The Kier molecular flexibility index (Phi) is 3.02. The van der Waals surface area contributed by atoms with Crippen LogP contribution in [0.5, 0.6) is 0 Å². The van der Waals surface area contributed by atoms with E-state index >= 15 is 0 Å². The van der Waals surface area contributed by atoms with Crippen molar-refractivity contribution in [2.75, 3.05) is 11.9 Å². The van der Waals surface area contributed by atoms with Gasteiger partial charge >= 0.3 is 0 Å². The van der Waals surface area contributed by atoms with Crippen molar-refractivity contribution in [3.05, 3.63) is 34.4 Å². The van der Waals surface area contributed by atoms with Gasteiger partial charge in [0, 0.05) is 32.0 Å². The van der Waals surface area contributed by atoms with E-state index in [9.17, 15) is 4.79 Å². The van der Waals surface area contributed by atoms with Crippen molar-refractivity contribution < 1.29 is 0 Å². The van der Waals surface area contributed by atoms with E-state index in [1.807, 2.05) is 11.6 Å². The molecule has 1 aliphatic rings. The van der Waals surface area contributed by atoms with Crippen molar-refractivity contribution in [1.82, 2.24) is 24.7 Å². The molecule has 2 aromatic rings. The summed E-state index contributed by atoms with van der Waals surface area (Å²) in [5.74, 6) is 2.77. The molecule has 1 fully saturated rings. The van der Waals surface area contributed by atoms with E-state index in [1.54, 1.807) is 6.33 Å². The van der Waals surface area contributed by atoms with Crippen LogP contribution in [0.2, 0.25) is 0 Å². The second kappa shape index (κ2) is 4.83. The smallest absolute Gasteiger partial charge is 0.252 e. The van der Waals surface area contributed by atoms with Crippen LogP contribution in [0.3, 0.4) is 0 Å². The van der Waals surface area contributed by atoms with Crippen molar-refractivity contribution in [1.29, 1.82) is 0 Å². The third-order valence-corrected chi connectivity index (χ3v) is 3.18. The minimum atomic E-state index is -0.0990. The first-order valence-corrected chi connectivity index (χ1v) is 6.40. The van der Waals surface area contributed by atoms with Gasteiger partial charge in [-0.15, -0.1) is 10.2 Å². The quantitative estimate of drug-likeness (QED) is 0.814. The molecule has 0 radical (unpaired) electrons. The number of aromatic amines is 1. The van der Waals surface area contributed by atoms with Gasteiger partial charge in [-0.3, -0.25) is 4.79 Å². The summed E-state index contributed by atoms with van der Waals surface area (Å²) in [5.41, 5.74) is -0.0990. The van der Waals surface area contributed by atoms with E-state index < -0.39 is 0 Å². The molecule has 0 bridgehead atoms. The molecule has 0 atom stereocenters. The van der Waals surface area contributed by atoms with E-state index in [4.69, 9.17) is 0 Å². The standard InChI is InChI=1S/C12H16N6O/c1-18-7-14-17-10(18)4-5-13-9-6-11(19)16-12(15-9)8-2-3-8/h6-8H,2-5H2,1H3,(H2,13,15,16,19). The molecule has 0 spiro atoms. The maximum Gasteiger partial charge on any atom is 0.252 e. The normalized spacial score (nSPS) is 14.6. The number of nitrogens with zero attached hydrogens (tertiary/aromatic N) is 4. The number of aromatic nitrogens is 5. The van der Waals surface area contributed by atoms with Gasteiger partial charge in [-0.25, -0.2) is 4.98 Å². The van der Waals surface area contributed by atoms with Crippen molar-refractivity contribution >= 4 is 5.82 Å². The molecule has 7 heteroatoms. The summed E-state index contributed by atoms with van der Waals surface area (Å²) in [7, 11) is 1.91. The monoisotopic (exact) mass is 260 g/mol. The SMILES string of the molecule is Cn1cnnc1CCNc1cc(=O)[nH]c(C2CC2)n1. The van der Waals surface area contributed by atoms with Gasteiger partial charge in [-0.05, 0) is 12.8 Å². The third-order valence-electron chi connectivity index (χ3n) is 3.18. The third kappa shape index (κ3) is 2.81. The Morgan fingerprint density at radius 2 is 2.37 bits per heavy atom. The van der Waals surface area contributed by atoms with Crippen LogP contribution in [-0.2, 0) is 13.5 Å². The fourth-order valence-corrected chi connectivity index (χ4v) is 1.95. The molecule has 100 valence electrons. The average molecular weight is 260 g/mol. The summed E-state index contributed by atoms with van der Waals surface area (Å²) in [4.78, 5) is 18.7. The Bertz CT molecular complexity index is 627. The molecule has 1 aliphatic carbocycles. The highest BCUT2D eigenvalue weighted by Crippen LogP contribution is 2.37. The van der Waals surface area contributed by atoms with E-state index in [2.05, 4.69) is 25.5 Å². The van der Waals surface area contributed by atoms with Crippen LogP contribution < -0.4 is 10.9 Å². The molecule has 0 aromatic carbocycles. The zero-order chi connectivity index (χ0) is 13.2. The van der Waals surface area contributed by atoms with Crippen LogP contribution in [0.4, 0.5) is 5.82 Å². The molecule has 2 aromatic heterocycles. The lowest BCUT2D eigenvalue weighted by molar-refractivity contribution is 0.785. The Balaban J connectivity index is 1.63. The molecule has 0 unspecified atom stereocenters. The predicted octanol–water partition coefficient (Wildman–Crippen LogP) is 0.430. The lowest BCUT2D eigenvalue weighted by atomic mass is 10.3. The van der Waals surface area contributed by atoms with Crippen LogP contribution in [-0.4, -0.2) is 31.3 Å². The summed E-state index contributed by atoms with van der Waals surface area (Å²) >= 11 is 0. The maximum absolute atomic E-state index is 11.5. The Labute approximate surface area is 110 Å². The summed E-state index contributed by atoms with van der Waals surface area (Å²) in [6.45, 7) is 0.674. The van der Waals surface area contributed by atoms with Crippen LogP contribution in [0, 0.1) is 0 Å². The van der Waals surface area contributed by atoms with Gasteiger partial charge < -0.3 is 14.9 Å². The highest BCUT2D eigenvalue weighted by Gasteiger charge is 2.26. The molecule has 0 amide bonds. The molecule has 19 heavy (non-hydrogen) atoms. The van der Waals surface area contributed by atoms with E-state index in [1.165, 1.54) is 6.07 Å². The molecule has 0 aliphatic heterocycles. The van der Waals surface area contributed by atoms with Gasteiger partial charge in [0.1, 0.15) is 23.8 Å². The molecule has 2 N–H and O–H groups in total.